The maximum atomic E-state index is 13.1. The molecule has 0 atom stereocenters. The molecule has 0 aliphatic carbocycles. The maximum absolute atomic E-state index is 13.1. The Balaban J connectivity index is 1.56. The van der Waals surface area contributed by atoms with E-state index in [0.29, 0.717) is 36.3 Å². The highest BCUT2D eigenvalue weighted by molar-refractivity contribution is 5.95. The number of aromatic nitrogens is 1. The summed E-state index contributed by atoms with van der Waals surface area (Å²) in [5, 5.41) is 0.449. The predicted octanol–water partition coefficient (Wildman–Crippen LogP) is 5.28. The average Bonchev–Trinajstić information content (AvgIpc) is 2.90. The Labute approximate surface area is 211 Å². The summed E-state index contributed by atoms with van der Waals surface area (Å²) in [7, 11) is 0. The smallest absolute Gasteiger partial charge is 0.343 e. The average molecular weight is 485 g/mol. The van der Waals surface area contributed by atoms with Crippen LogP contribution in [0.5, 0.6) is 5.75 Å². The molecular formula is C30H32N2O4. The largest absolute Gasteiger partial charge is 0.490 e. The van der Waals surface area contributed by atoms with Crippen LogP contribution in [0.2, 0.25) is 0 Å². The zero-order chi connectivity index (χ0) is 25.3. The first-order valence-electron chi connectivity index (χ1n) is 12.4. The third-order valence-electron chi connectivity index (χ3n) is 6.06. The topological polar surface area (TPSA) is 60.8 Å². The van der Waals surface area contributed by atoms with E-state index in [0.717, 1.165) is 13.1 Å². The normalized spacial score (nSPS) is 11.1. The van der Waals surface area contributed by atoms with Crippen LogP contribution in [0.15, 0.2) is 89.9 Å². The first kappa shape index (κ1) is 25.2. The number of hydrogen-bond donors (Lipinski definition) is 0. The molecule has 4 rings (SSSR count). The van der Waals surface area contributed by atoms with Gasteiger partial charge in [0, 0.05) is 32.4 Å². The Morgan fingerprint density at radius 2 is 1.50 bits per heavy atom. The summed E-state index contributed by atoms with van der Waals surface area (Å²) in [4.78, 5) is 27.8. The van der Waals surface area contributed by atoms with E-state index >= 15 is 0 Å². The second-order valence-corrected chi connectivity index (χ2v) is 8.56. The highest BCUT2D eigenvalue weighted by Gasteiger charge is 2.18. The number of ether oxygens (including phenoxy) is 2. The van der Waals surface area contributed by atoms with Gasteiger partial charge >= 0.3 is 5.97 Å². The maximum Gasteiger partial charge on any atom is 0.343 e. The Hall–Kier alpha value is -3.90. The molecule has 1 aromatic heterocycles. The van der Waals surface area contributed by atoms with E-state index in [2.05, 4.69) is 53.4 Å². The molecule has 0 aliphatic heterocycles. The lowest BCUT2D eigenvalue weighted by molar-refractivity contribution is 0.0524. The number of pyridine rings is 1. The fourth-order valence-electron chi connectivity index (χ4n) is 4.33. The number of hydrogen-bond acceptors (Lipinski definition) is 5. The van der Waals surface area contributed by atoms with Gasteiger partial charge in [-0.2, -0.15) is 0 Å². The second kappa shape index (κ2) is 12.2. The van der Waals surface area contributed by atoms with E-state index in [1.807, 2.05) is 29.7 Å². The lowest BCUT2D eigenvalue weighted by Crippen LogP contribution is -2.28. The second-order valence-electron chi connectivity index (χ2n) is 8.56. The first-order valence-corrected chi connectivity index (χ1v) is 12.4. The summed E-state index contributed by atoms with van der Waals surface area (Å²) in [5.41, 5.74) is 2.87. The monoisotopic (exact) mass is 484 g/mol. The fourth-order valence-corrected chi connectivity index (χ4v) is 4.33. The van der Waals surface area contributed by atoms with E-state index in [4.69, 9.17) is 9.47 Å². The fraction of sp³-hybridized carbons (Fsp3) is 0.267. The lowest BCUT2D eigenvalue weighted by atomic mass is 10.1. The SMILES string of the molecule is CCOC(=O)c1cn(CC)c2c(OCCN(Cc3ccccc3)Cc3ccccc3)cccc2c1=O. The van der Waals surface area contributed by atoms with Crippen LogP contribution in [0.3, 0.4) is 0 Å². The number of esters is 1. The van der Waals surface area contributed by atoms with Crippen molar-refractivity contribution < 1.29 is 14.3 Å². The molecule has 3 aromatic carbocycles. The Bertz CT molecular complexity index is 1310. The molecule has 0 spiro atoms. The van der Waals surface area contributed by atoms with Gasteiger partial charge in [0.2, 0.25) is 5.43 Å². The zero-order valence-electron chi connectivity index (χ0n) is 20.9. The summed E-state index contributed by atoms with van der Waals surface area (Å²) in [6, 6.07) is 26.2. The van der Waals surface area contributed by atoms with Crippen molar-refractivity contribution >= 4 is 16.9 Å². The minimum absolute atomic E-state index is 0.0419. The number of nitrogens with zero attached hydrogens (tertiary/aromatic N) is 2. The molecule has 6 heteroatoms. The van der Waals surface area contributed by atoms with E-state index < -0.39 is 5.97 Å². The lowest BCUT2D eigenvalue weighted by Gasteiger charge is -2.23. The molecule has 0 bridgehead atoms. The van der Waals surface area contributed by atoms with Crippen LogP contribution in [0.25, 0.3) is 10.9 Å². The summed E-state index contributed by atoms with van der Waals surface area (Å²) in [5.74, 6) is 0.0246. The van der Waals surface area contributed by atoms with Gasteiger partial charge in [-0.1, -0.05) is 66.7 Å². The Morgan fingerprint density at radius 1 is 0.861 bits per heavy atom. The van der Waals surface area contributed by atoms with E-state index in [1.54, 1.807) is 25.3 Å². The number of carbonyl (C=O) groups excluding carboxylic acids is 1. The van der Waals surface area contributed by atoms with Crippen molar-refractivity contribution in [3.8, 4) is 5.75 Å². The van der Waals surface area contributed by atoms with Gasteiger partial charge in [-0.25, -0.2) is 4.79 Å². The van der Waals surface area contributed by atoms with E-state index in [-0.39, 0.29) is 17.6 Å². The molecule has 6 nitrogen and oxygen atoms in total. The van der Waals surface area contributed by atoms with Gasteiger partial charge in [0.25, 0.3) is 0 Å². The van der Waals surface area contributed by atoms with Crippen molar-refractivity contribution in [2.45, 2.75) is 33.5 Å². The number of benzene rings is 3. The molecule has 186 valence electrons. The molecule has 0 N–H and O–H groups in total. The quantitative estimate of drug-likeness (QED) is 0.271. The third kappa shape index (κ3) is 6.01. The molecule has 36 heavy (non-hydrogen) atoms. The van der Waals surface area contributed by atoms with Gasteiger partial charge in [0.05, 0.1) is 17.5 Å². The molecule has 0 amide bonds. The van der Waals surface area contributed by atoms with Crippen LogP contribution in [0.1, 0.15) is 35.3 Å². The predicted molar refractivity (Wildman–Crippen MR) is 142 cm³/mol. The molecule has 0 aliphatic rings. The summed E-state index contributed by atoms with van der Waals surface area (Å²) in [6.45, 7) is 7.26. The zero-order valence-corrected chi connectivity index (χ0v) is 20.9. The minimum Gasteiger partial charge on any atom is -0.490 e. The van der Waals surface area contributed by atoms with Crippen molar-refractivity contribution in [2.24, 2.45) is 0 Å². The molecule has 0 fully saturated rings. The van der Waals surface area contributed by atoms with Crippen LogP contribution in [0.4, 0.5) is 0 Å². The van der Waals surface area contributed by atoms with Crippen LogP contribution < -0.4 is 10.2 Å². The molecular weight excluding hydrogens is 452 g/mol. The molecule has 4 aromatic rings. The minimum atomic E-state index is -0.601. The van der Waals surface area contributed by atoms with Crippen molar-refractivity contribution in [1.29, 1.82) is 0 Å². The van der Waals surface area contributed by atoms with Gasteiger partial charge in [-0.3, -0.25) is 9.69 Å². The Kier molecular flexibility index (Phi) is 8.53. The molecule has 0 saturated heterocycles. The third-order valence-corrected chi connectivity index (χ3v) is 6.06. The first-order chi connectivity index (χ1) is 17.6. The van der Waals surface area contributed by atoms with Crippen molar-refractivity contribution in [2.75, 3.05) is 19.8 Å². The summed E-state index contributed by atoms with van der Waals surface area (Å²) >= 11 is 0. The van der Waals surface area contributed by atoms with E-state index in [1.165, 1.54) is 11.1 Å². The molecule has 0 saturated carbocycles. The van der Waals surface area contributed by atoms with Gasteiger partial charge in [0.1, 0.15) is 17.9 Å². The standard InChI is InChI=1S/C30H32N2O4/c1-3-32-22-26(30(34)35-4-2)29(33)25-16-11-17-27(28(25)32)36-19-18-31(20-23-12-7-5-8-13-23)21-24-14-9-6-10-15-24/h5-17,22H,3-4,18-21H2,1-2H3. The molecule has 0 unspecified atom stereocenters. The van der Waals surface area contributed by atoms with Crippen LogP contribution in [0, 0.1) is 0 Å². The summed E-state index contributed by atoms with van der Waals surface area (Å²) in [6.07, 6.45) is 1.58. The van der Waals surface area contributed by atoms with Gasteiger partial charge in [-0.15, -0.1) is 0 Å². The highest BCUT2D eigenvalue weighted by Crippen LogP contribution is 2.25. The number of rotatable bonds is 11. The highest BCUT2D eigenvalue weighted by atomic mass is 16.5. The van der Waals surface area contributed by atoms with Gasteiger partial charge in [0.15, 0.2) is 0 Å². The summed E-state index contributed by atoms with van der Waals surface area (Å²) < 4.78 is 13.2. The molecule has 0 radical (unpaired) electrons. The number of carbonyl (C=O) groups is 1. The number of fused-ring (bicyclic) bond motifs is 1. The van der Waals surface area contributed by atoms with Crippen LogP contribution >= 0.6 is 0 Å². The van der Waals surface area contributed by atoms with Crippen LogP contribution in [-0.4, -0.2) is 35.2 Å². The van der Waals surface area contributed by atoms with Gasteiger partial charge in [-0.05, 0) is 37.1 Å². The van der Waals surface area contributed by atoms with Gasteiger partial charge < -0.3 is 14.0 Å². The van der Waals surface area contributed by atoms with Crippen LogP contribution in [-0.2, 0) is 24.4 Å². The number of para-hydroxylation sites is 1. The Morgan fingerprint density at radius 3 is 2.08 bits per heavy atom. The van der Waals surface area contributed by atoms with Crippen molar-refractivity contribution in [3.63, 3.8) is 0 Å². The van der Waals surface area contributed by atoms with E-state index in [9.17, 15) is 9.59 Å². The van der Waals surface area contributed by atoms with Crippen molar-refractivity contribution in [1.82, 2.24) is 9.47 Å². The molecule has 1 heterocycles. The number of aryl methyl sites for hydroxylation is 1. The van der Waals surface area contributed by atoms with Crippen molar-refractivity contribution in [3.05, 3.63) is 112 Å².